The number of carbonyl (C=O) groups is 2. The first kappa shape index (κ1) is 17.6. The normalized spacial score (nSPS) is 23.6. The first-order valence-electron chi connectivity index (χ1n) is 8.72. The first-order valence-corrected chi connectivity index (χ1v) is 8.72. The topological polar surface area (TPSA) is 52.7 Å². The van der Waals surface area contributed by atoms with Crippen molar-refractivity contribution in [2.75, 3.05) is 25.0 Å². The zero-order chi connectivity index (χ0) is 18.0. The number of likely N-dealkylation sites (tertiary alicyclic amines) is 2. The lowest BCUT2D eigenvalue weighted by molar-refractivity contribution is -0.136. The number of benzene rings is 1. The summed E-state index contributed by atoms with van der Waals surface area (Å²) in [5.74, 6) is -0.617. The lowest BCUT2D eigenvalue weighted by atomic mass is 10.1. The summed E-state index contributed by atoms with van der Waals surface area (Å²) in [7, 11) is 0. The summed E-state index contributed by atoms with van der Waals surface area (Å²) in [6, 6.07) is 3.00. The third kappa shape index (κ3) is 3.91. The molecule has 3 amide bonds. The van der Waals surface area contributed by atoms with Crippen LogP contribution in [0.1, 0.15) is 31.2 Å². The Balaban J connectivity index is 1.70. The number of aryl methyl sites for hydroxylation is 1. The van der Waals surface area contributed by atoms with Crippen LogP contribution in [0.2, 0.25) is 0 Å². The maximum Gasteiger partial charge on any atom is 0.322 e. The summed E-state index contributed by atoms with van der Waals surface area (Å²) < 4.78 is 27.5. The molecule has 2 aliphatic rings. The Bertz CT molecular complexity index is 662. The minimum absolute atomic E-state index is 0.0189. The molecule has 2 atom stereocenters. The molecule has 1 aromatic carbocycles. The van der Waals surface area contributed by atoms with Crippen molar-refractivity contribution in [1.29, 1.82) is 0 Å². The molecule has 2 unspecified atom stereocenters. The number of rotatable bonds is 2. The number of amides is 3. The minimum atomic E-state index is -1.22. The third-order valence-corrected chi connectivity index (χ3v) is 4.89. The van der Waals surface area contributed by atoms with Gasteiger partial charge in [0.1, 0.15) is 18.0 Å². The van der Waals surface area contributed by atoms with Gasteiger partial charge in [-0.2, -0.15) is 0 Å². The Kier molecular flexibility index (Phi) is 5.20. The summed E-state index contributed by atoms with van der Waals surface area (Å²) in [6.45, 7) is 2.82. The first-order chi connectivity index (χ1) is 12.0. The second kappa shape index (κ2) is 7.37. The molecule has 2 saturated heterocycles. The van der Waals surface area contributed by atoms with E-state index in [0.717, 1.165) is 19.3 Å². The highest BCUT2D eigenvalue weighted by molar-refractivity contribution is 5.94. The van der Waals surface area contributed by atoms with Gasteiger partial charge in [0.15, 0.2) is 0 Å². The summed E-state index contributed by atoms with van der Waals surface area (Å²) in [4.78, 5) is 28.2. The molecule has 2 heterocycles. The van der Waals surface area contributed by atoms with Crippen LogP contribution in [0.25, 0.3) is 0 Å². The van der Waals surface area contributed by atoms with Gasteiger partial charge in [-0.05, 0) is 43.9 Å². The zero-order valence-corrected chi connectivity index (χ0v) is 14.3. The van der Waals surface area contributed by atoms with Gasteiger partial charge in [0, 0.05) is 25.2 Å². The second-order valence-electron chi connectivity index (χ2n) is 6.78. The van der Waals surface area contributed by atoms with Crippen LogP contribution < -0.4 is 5.32 Å². The molecule has 0 aromatic heterocycles. The molecule has 2 aliphatic heterocycles. The second-order valence-corrected chi connectivity index (χ2v) is 6.78. The van der Waals surface area contributed by atoms with Crippen molar-refractivity contribution in [1.82, 2.24) is 9.80 Å². The van der Waals surface area contributed by atoms with Crippen molar-refractivity contribution in [2.45, 2.75) is 44.8 Å². The number of alkyl halides is 1. The van der Waals surface area contributed by atoms with E-state index in [2.05, 4.69) is 5.32 Å². The summed E-state index contributed by atoms with van der Waals surface area (Å²) >= 11 is 0. The van der Waals surface area contributed by atoms with E-state index in [1.807, 2.05) is 0 Å². The fraction of sp³-hybridized carbons (Fsp3) is 0.556. The van der Waals surface area contributed by atoms with Crippen molar-refractivity contribution in [3.63, 3.8) is 0 Å². The van der Waals surface area contributed by atoms with E-state index in [-0.39, 0.29) is 18.9 Å². The molecule has 2 fully saturated rings. The molecule has 1 aromatic rings. The number of hydrogen-bond donors (Lipinski definition) is 1. The molecule has 0 radical (unpaired) electrons. The van der Waals surface area contributed by atoms with E-state index < -0.39 is 24.1 Å². The van der Waals surface area contributed by atoms with Crippen molar-refractivity contribution < 1.29 is 18.4 Å². The van der Waals surface area contributed by atoms with Crippen LogP contribution in [0.4, 0.5) is 19.3 Å². The molecule has 0 aliphatic carbocycles. The molecule has 0 bridgehead atoms. The van der Waals surface area contributed by atoms with Crippen molar-refractivity contribution in [2.24, 2.45) is 0 Å². The maximum absolute atomic E-state index is 13.9. The van der Waals surface area contributed by atoms with Crippen LogP contribution in [-0.4, -0.2) is 53.6 Å². The SMILES string of the molecule is Cc1ccc(NC(=O)N2CC(F)CC2C(=O)N2CCCCC2)cc1F. The van der Waals surface area contributed by atoms with Crippen molar-refractivity contribution >= 4 is 17.6 Å². The van der Waals surface area contributed by atoms with Gasteiger partial charge in [0.25, 0.3) is 0 Å². The number of nitrogens with one attached hydrogen (secondary N) is 1. The molecule has 0 spiro atoms. The number of carbonyl (C=O) groups excluding carboxylic acids is 2. The Hall–Kier alpha value is -2.18. The molecule has 3 rings (SSSR count). The number of anilines is 1. The van der Waals surface area contributed by atoms with Crippen LogP contribution in [0, 0.1) is 12.7 Å². The van der Waals surface area contributed by atoms with Crippen LogP contribution in [0.3, 0.4) is 0 Å². The smallest absolute Gasteiger partial charge is 0.322 e. The Labute approximate surface area is 146 Å². The average molecular weight is 351 g/mol. The van der Waals surface area contributed by atoms with Crippen LogP contribution in [0.15, 0.2) is 18.2 Å². The molecule has 1 N–H and O–H groups in total. The van der Waals surface area contributed by atoms with Crippen LogP contribution in [0.5, 0.6) is 0 Å². The number of hydrogen-bond acceptors (Lipinski definition) is 2. The van der Waals surface area contributed by atoms with E-state index in [1.54, 1.807) is 24.0 Å². The van der Waals surface area contributed by atoms with E-state index in [9.17, 15) is 18.4 Å². The monoisotopic (exact) mass is 351 g/mol. The molecular weight excluding hydrogens is 328 g/mol. The summed E-state index contributed by atoms with van der Waals surface area (Å²) in [5, 5.41) is 2.57. The quantitative estimate of drug-likeness (QED) is 0.890. The molecule has 0 saturated carbocycles. The van der Waals surface area contributed by atoms with E-state index in [1.165, 1.54) is 11.0 Å². The highest BCUT2D eigenvalue weighted by Crippen LogP contribution is 2.25. The van der Waals surface area contributed by atoms with Gasteiger partial charge in [-0.15, -0.1) is 0 Å². The maximum atomic E-state index is 13.9. The predicted molar refractivity (Wildman–Crippen MR) is 90.6 cm³/mol. The van der Waals surface area contributed by atoms with Crippen LogP contribution in [-0.2, 0) is 4.79 Å². The summed E-state index contributed by atoms with van der Waals surface area (Å²) in [6.07, 6.45) is 1.76. The zero-order valence-electron chi connectivity index (χ0n) is 14.3. The van der Waals surface area contributed by atoms with Gasteiger partial charge in [0.05, 0.1) is 6.54 Å². The highest BCUT2D eigenvalue weighted by atomic mass is 19.1. The fourth-order valence-electron chi connectivity index (χ4n) is 3.43. The van der Waals surface area contributed by atoms with Gasteiger partial charge in [-0.1, -0.05) is 6.07 Å². The van der Waals surface area contributed by atoms with E-state index in [0.29, 0.717) is 24.3 Å². The Morgan fingerprint density at radius 1 is 1.20 bits per heavy atom. The van der Waals surface area contributed by atoms with Gasteiger partial charge in [0.2, 0.25) is 5.91 Å². The number of halogens is 2. The van der Waals surface area contributed by atoms with Crippen LogP contribution >= 0.6 is 0 Å². The fourth-order valence-corrected chi connectivity index (χ4v) is 3.43. The lowest BCUT2D eigenvalue weighted by Gasteiger charge is -2.32. The van der Waals surface area contributed by atoms with Gasteiger partial charge >= 0.3 is 6.03 Å². The van der Waals surface area contributed by atoms with E-state index in [4.69, 9.17) is 0 Å². The predicted octanol–water partition coefficient (Wildman–Crippen LogP) is 3.09. The van der Waals surface area contributed by atoms with Gasteiger partial charge in [-0.3, -0.25) is 4.79 Å². The van der Waals surface area contributed by atoms with Crippen molar-refractivity contribution in [3.05, 3.63) is 29.6 Å². The third-order valence-electron chi connectivity index (χ3n) is 4.89. The van der Waals surface area contributed by atoms with E-state index >= 15 is 0 Å². The Morgan fingerprint density at radius 3 is 2.60 bits per heavy atom. The average Bonchev–Trinajstić information content (AvgIpc) is 3.00. The molecular formula is C18H23F2N3O2. The summed E-state index contributed by atoms with van der Waals surface area (Å²) in [5.41, 5.74) is 0.765. The Morgan fingerprint density at radius 2 is 1.92 bits per heavy atom. The molecule has 25 heavy (non-hydrogen) atoms. The minimum Gasteiger partial charge on any atom is -0.341 e. The lowest BCUT2D eigenvalue weighted by Crippen LogP contribution is -2.50. The number of piperidine rings is 1. The molecule has 136 valence electrons. The molecule has 7 heteroatoms. The number of urea groups is 1. The molecule has 5 nitrogen and oxygen atoms in total. The van der Waals surface area contributed by atoms with Gasteiger partial charge in [-0.25, -0.2) is 13.6 Å². The van der Waals surface area contributed by atoms with Crippen molar-refractivity contribution in [3.8, 4) is 0 Å². The number of nitrogens with zero attached hydrogens (tertiary/aromatic N) is 2. The highest BCUT2D eigenvalue weighted by Gasteiger charge is 2.41. The van der Waals surface area contributed by atoms with Gasteiger partial charge < -0.3 is 15.1 Å². The largest absolute Gasteiger partial charge is 0.341 e. The standard InChI is InChI=1S/C18H23F2N3O2/c1-12-5-6-14(10-15(12)20)21-18(25)23-11-13(19)9-16(23)17(24)22-7-3-2-4-8-22/h5-6,10,13,16H,2-4,7-9,11H2,1H3,(H,21,25).